The van der Waals surface area contributed by atoms with Crippen LogP contribution in [0.4, 0.5) is 0 Å². The molecule has 0 spiro atoms. The Morgan fingerprint density at radius 2 is 1.47 bits per heavy atom. The van der Waals surface area contributed by atoms with E-state index in [1.54, 1.807) is 31.4 Å². The van der Waals surface area contributed by atoms with Gasteiger partial charge in [-0.15, -0.1) is 0 Å². The summed E-state index contributed by atoms with van der Waals surface area (Å²) in [6.45, 7) is 3.67. The Kier molecular flexibility index (Phi) is 6.91. The number of benzene rings is 1. The summed E-state index contributed by atoms with van der Waals surface area (Å²) in [5.41, 5.74) is 0.710. The summed E-state index contributed by atoms with van der Waals surface area (Å²) in [5, 5.41) is 0. The Hall–Kier alpha value is -2.69. The highest BCUT2D eigenvalue weighted by Crippen LogP contribution is 2.37. The van der Waals surface area contributed by atoms with Gasteiger partial charge in [-0.1, -0.05) is 12.1 Å². The molecule has 1 aromatic rings. The third-order valence-electron chi connectivity index (χ3n) is 4.56. The summed E-state index contributed by atoms with van der Waals surface area (Å²) in [6.07, 6.45) is -5.87. The van der Waals surface area contributed by atoms with Gasteiger partial charge in [0.05, 0.1) is 13.7 Å². The lowest BCUT2D eigenvalue weighted by molar-refractivity contribution is -0.356. The van der Waals surface area contributed by atoms with E-state index >= 15 is 0 Å². The van der Waals surface area contributed by atoms with E-state index in [9.17, 15) is 14.4 Å². The van der Waals surface area contributed by atoms with Crippen LogP contribution in [-0.4, -0.2) is 62.3 Å². The number of rotatable bonds is 5. The molecule has 2 heterocycles. The highest BCUT2D eigenvalue weighted by atomic mass is 16.8. The predicted octanol–water partition coefficient (Wildman–Crippen LogP) is 1.26. The normalized spacial score (nSPS) is 30.5. The third-order valence-corrected chi connectivity index (χ3v) is 4.56. The fourth-order valence-electron chi connectivity index (χ4n) is 3.38. The Labute approximate surface area is 173 Å². The first kappa shape index (κ1) is 22.0. The lowest BCUT2D eigenvalue weighted by Crippen LogP contribution is -2.64. The van der Waals surface area contributed by atoms with E-state index in [0.29, 0.717) is 11.3 Å². The van der Waals surface area contributed by atoms with Crippen molar-refractivity contribution in [2.75, 3.05) is 13.7 Å². The molecular formula is C20H24O10. The Morgan fingerprint density at radius 3 is 2.03 bits per heavy atom. The first-order chi connectivity index (χ1) is 14.3. The summed E-state index contributed by atoms with van der Waals surface area (Å²) in [7, 11) is 1.56. The smallest absolute Gasteiger partial charge is 0.305 e. The lowest BCUT2D eigenvalue weighted by Gasteiger charge is -2.47. The zero-order chi connectivity index (χ0) is 21.8. The van der Waals surface area contributed by atoms with E-state index in [-0.39, 0.29) is 6.61 Å². The maximum absolute atomic E-state index is 11.8. The summed E-state index contributed by atoms with van der Waals surface area (Å²) < 4.78 is 38.5. The molecule has 0 N–H and O–H groups in total. The summed E-state index contributed by atoms with van der Waals surface area (Å²) in [4.78, 5) is 34.9. The van der Waals surface area contributed by atoms with Gasteiger partial charge in [-0.3, -0.25) is 14.4 Å². The highest BCUT2D eigenvalue weighted by molar-refractivity contribution is 5.68. The molecule has 164 valence electrons. The number of esters is 3. The van der Waals surface area contributed by atoms with Crippen molar-refractivity contribution in [1.82, 2.24) is 0 Å². The van der Waals surface area contributed by atoms with Crippen molar-refractivity contribution < 1.29 is 47.5 Å². The topological polar surface area (TPSA) is 116 Å². The molecular weight excluding hydrogens is 400 g/mol. The van der Waals surface area contributed by atoms with Crippen molar-refractivity contribution >= 4 is 17.9 Å². The molecule has 0 aromatic heterocycles. The molecule has 3 rings (SSSR count). The van der Waals surface area contributed by atoms with Crippen molar-refractivity contribution in [3.63, 3.8) is 0 Å². The van der Waals surface area contributed by atoms with Gasteiger partial charge in [0, 0.05) is 26.3 Å². The molecule has 2 aliphatic rings. The van der Waals surface area contributed by atoms with Gasteiger partial charge in [-0.25, -0.2) is 0 Å². The quantitative estimate of drug-likeness (QED) is 0.505. The molecule has 0 radical (unpaired) electrons. The molecule has 2 fully saturated rings. The van der Waals surface area contributed by atoms with Gasteiger partial charge in [-0.05, 0) is 12.1 Å². The second-order valence-electron chi connectivity index (χ2n) is 6.84. The fourth-order valence-corrected chi connectivity index (χ4v) is 3.38. The van der Waals surface area contributed by atoms with Crippen LogP contribution in [0.15, 0.2) is 24.3 Å². The molecule has 0 unspecified atom stereocenters. The molecule has 0 bridgehead atoms. The van der Waals surface area contributed by atoms with Crippen LogP contribution < -0.4 is 4.74 Å². The summed E-state index contributed by atoms with van der Waals surface area (Å²) >= 11 is 0. The van der Waals surface area contributed by atoms with Crippen LogP contribution in [0.1, 0.15) is 32.6 Å². The average molecular weight is 424 g/mol. The van der Waals surface area contributed by atoms with E-state index in [2.05, 4.69) is 0 Å². The van der Waals surface area contributed by atoms with Gasteiger partial charge < -0.3 is 33.2 Å². The van der Waals surface area contributed by atoms with E-state index in [4.69, 9.17) is 33.2 Å². The summed E-state index contributed by atoms with van der Waals surface area (Å²) in [5.74, 6) is -1.25. The third kappa shape index (κ3) is 5.07. The maximum Gasteiger partial charge on any atom is 0.305 e. The number of hydrogen-bond donors (Lipinski definition) is 0. The minimum absolute atomic E-state index is 0.0731. The number of fused-ring (bicyclic) bond motifs is 1. The molecule has 2 saturated heterocycles. The molecule has 2 aliphatic heterocycles. The van der Waals surface area contributed by atoms with Gasteiger partial charge in [0.25, 0.3) is 0 Å². The zero-order valence-corrected chi connectivity index (χ0v) is 17.1. The largest absolute Gasteiger partial charge is 0.497 e. The standard InChI is InChI=1S/C20H24O10/c1-10(21)26-17-16-15(29-20(28-12(3)23)18(17)27-11(2)22)9-25-19(30-16)13-5-7-14(24-4)8-6-13/h5-8,15-20H,9H2,1-4H3/t15-,16-,17+,18-,19+,20-/m1/s1. The number of hydrogen-bond acceptors (Lipinski definition) is 10. The van der Waals surface area contributed by atoms with E-state index in [1.165, 1.54) is 20.8 Å². The van der Waals surface area contributed by atoms with Gasteiger partial charge in [0.1, 0.15) is 18.0 Å². The predicted molar refractivity (Wildman–Crippen MR) is 98.1 cm³/mol. The molecule has 10 nitrogen and oxygen atoms in total. The van der Waals surface area contributed by atoms with Crippen LogP contribution >= 0.6 is 0 Å². The van der Waals surface area contributed by atoms with Crippen molar-refractivity contribution in [2.24, 2.45) is 0 Å². The Bertz CT molecular complexity index is 776. The molecule has 1 aromatic carbocycles. The number of ether oxygens (including phenoxy) is 7. The van der Waals surface area contributed by atoms with E-state index in [0.717, 1.165) is 0 Å². The second kappa shape index (κ2) is 9.41. The summed E-state index contributed by atoms with van der Waals surface area (Å²) in [6, 6.07) is 7.07. The van der Waals surface area contributed by atoms with Crippen molar-refractivity contribution in [1.29, 1.82) is 0 Å². The molecule has 0 amide bonds. The molecule has 30 heavy (non-hydrogen) atoms. The van der Waals surface area contributed by atoms with Crippen molar-refractivity contribution in [3.8, 4) is 5.75 Å². The van der Waals surface area contributed by atoms with Crippen molar-refractivity contribution in [3.05, 3.63) is 29.8 Å². The lowest BCUT2D eigenvalue weighted by atomic mass is 9.97. The average Bonchev–Trinajstić information content (AvgIpc) is 2.69. The number of carbonyl (C=O) groups excluding carboxylic acids is 3. The van der Waals surface area contributed by atoms with Crippen molar-refractivity contribution in [2.45, 2.75) is 57.8 Å². The Morgan fingerprint density at radius 1 is 0.867 bits per heavy atom. The molecule has 0 aliphatic carbocycles. The second-order valence-corrected chi connectivity index (χ2v) is 6.84. The molecule has 0 saturated carbocycles. The van der Waals surface area contributed by atoms with Crippen LogP contribution in [0.2, 0.25) is 0 Å². The monoisotopic (exact) mass is 424 g/mol. The van der Waals surface area contributed by atoms with Crippen LogP contribution in [0.25, 0.3) is 0 Å². The van der Waals surface area contributed by atoms with Gasteiger partial charge in [-0.2, -0.15) is 0 Å². The molecule has 10 heteroatoms. The van der Waals surface area contributed by atoms with Gasteiger partial charge in [0.15, 0.2) is 12.4 Å². The zero-order valence-electron chi connectivity index (χ0n) is 17.1. The fraction of sp³-hybridized carbons (Fsp3) is 0.550. The maximum atomic E-state index is 11.8. The Balaban J connectivity index is 1.87. The minimum Gasteiger partial charge on any atom is -0.497 e. The first-order valence-corrected chi connectivity index (χ1v) is 9.36. The van der Waals surface area contributed by atoms with Gasteiger partial charge in [0.2, 0.25) is 12.4 Å². The van der Waals surface area contributed by atoms with Crippen LogP contribution in [0.3, 0.4) is 0 Å². The molecule has 6 atom stereocenters. The highest BCUT2D eigenvalue weighted by Gasteiger charge is 2.54. The van der Waals surface area contributed by atoms with Crippen LogP contribution in [0.5, 0.6) is 5.75 Å². The first-order valence-electron chi connectivity index (χ1n) is 9.36. The van der Waals surface area contributed by atoms with E-state index in [1.807, 2.05) is 0 Å². The minimum atomic E-state index is -1.28. The van der Waals surface area contributed by atoms with Crippen LogP contribution in [0, 0.1) is 0 Å². The van der Waals surface area contributed by atoms with Crippen LogP contribution in [-0.2, 0) is 42.8 Å². The SMILES string of the molecule is COc1ccc([C@H]2OC[C@H]3O[C@@H](OC(C)=O)[C@H](OC(C)=O)[C@@H](OC(C)=O)[C@@H]3O2)cc1. The number of carbonyl (C=O) groups is 3. The number of methoxy groups -OCH3 is 1. The van der Waals surface area contributed by atoms with E-state index < -0.39 is 54.9 Å². The van der Waals surface area contributed by atoms with Gasteiger partial charge >= 0.3 is 17.9 Å².